The Balaban J connectivity index is 1.53. The van der Waals surface area contributed by atoms with Gasteiger partial charge in [-0.1, -0.05) is 29.8 Å². The van der Waals surface area contributed by atoms with Crippen LogP contribution in [0, 0.1) is 6.92 Å². The van der Waals surface area contributed by atoms with E-state index in [2.05, 4.69) is 41.4 Å². The van der Waals surface area contributed by atoms with E-state index in [1.165, 1.54) is 5.56 Å². The first-order valence-corrected chi connectivity index (χ1v) is 8.00. The molecule has 0 bridgehead atoms. The molecule has 2 aliphatic rings. The Labute approximate surface area is 127 Å². The Morgan fingerprint density at radius 2 is 1.90 bits per heavy atom. The largest absolute Gasteiger partial charge is 0.341 e. The highest BCUT2D eigenvalue weighted by Crippen LogP contribution is 2.17. The number of piperazine rings is 1. The molecule has 2 saturated heterocycles. The van der Waals surface area contributed by atoms with Crippen LogP contribution in [0.3, 0.4) is 0 Å². The van der Waals surface area contributed by atoms with E-state index in [0.29, 0.717) is 12.5 Å². The zero-order chi connectivity index (χ0) is 14.7. The summed E-state index contributed by atoms with van der Waals surface area (Å²) in [7, 11) is 0. The summed E-state index contributed by atoms with van der Waals surface area (Å²) in [5.41, 5.74) is 2.36. The number of rotatable bonds is 3. The van der Waals surface area contributed by atoms with Gasteiger partial charge in [-0.25, -0.2) is 0 Å². The molecule has 0 radical (unpaired) electrons. The summed E-state index contributed by atoms with van der Waals surface area (Å²) in [6, 6.07) is 8.86. The minimum Gasteiger partial charge on any atom is -0.341 e. The first-order chi connectivity index (χ1) is 10.2. The Kier molecular flexibility index (Phi) is 4.56. The summed E-state index contributed by atoms with van der Waals surface area (Å²) in [5, 5.41) is 3.39. The minimum absolute atomic E-state index is 0.275. The number of benzene rings is 1. The molecule has 2 heterocycles. The normalized spacial score (nSPS) is 23.5. The van der Waals surface area contributed by atoms with Crippen molar-refractivity contribution in [1.82, 2.24) is 15.1 Å². The fraction of sp³-hybridized carbons (Fsp3) is 0.588. The van der Waals surface area contributed by atoms with Crippen LogP contribution in [0.4, 0.5) is 0 Å². The lowest BCUT2D eigenvalue weighted by Gasteiger charge is -2.32. The fourth-order valence-corrected chi connectivity index (χ4v) is 3.31. The van der Waals surface area contributed by atoms with Crippen LogP contribution in [-0.2, 0) is 11.2 Å². The highest BCUT2D eigenvalue weighted by Gasteiger charge is 2.30. The molecule has 0 spiro atoms. The van der Waals surface area contributed by atoms with Gasteiger partial charge >= 0.3 is 0 Å². The molecule has 1 atom stereocenters. The van der Waals surface area contributed by atoms with E-state index in [0.717, 1.165) is 51.3 Å². The molecule has 1 aromatic rings. The lowest BCUT2D eigenvalue weighted by atomic mass is 10.1. The van der Waals surface area contributed by atoms with Crippen LogP contribution in [0.1, 0.15) is 17.5 Å². The molecule has 0 saturated carbocycles. The number of carbonyl (C=O) groups excluding carboxylic acids is 1. The van der Waals surface area contributed by atoms with E-state index in [1.54, 1.807) is 0 Å². The van der Waals surface area contributed by atoms with Crippen LogP contribution in [0.2, 0.25) is 0 Å². The summed E-state index contributed by atoms with van der Waals surface area (Å²) in [6.45, 7) is 8.28. The van der Waals surface area contributed by atoms with E-state index in [1.807, 2.05) is 4.90 Å². The average molecular weight is 287 g/mol. The van der Waals surface area contributed by atoms with Crippen molar-refractivity contribution >= 4 is 5.91 Å². The highest BCUT2D eigenvalue weighted by molar-refractivity contribution is 5.79. The van der Waals surface area contributed by atoms with Gasteiger partial charge in [0.25, 0.3) is 0 Å². The maximum atomic E-state index is 12.4. The van der Waals surface area contributed by atoms with Gasteiger partial charge in [-0.05, 0) is 18.9 Å². The van der Waals surface area contributed by atoms with Crippen LogP contribution < -0.4 is 5.32 Å². The first kappa shape index (κ1) is 14.5. The third kappa shape index (κ3) is 3.63. The van der Waals surface area contributed by atoms with Gasteiger partial charge in [0.15, 0.2) is 0 Å². The van der Waals surface area contributed by atoms with Crippen molar-refractivity contribution in [3.8, 4) is 0 Å². The molecule has 0 aromatic heterocycles. The summed E-state index contributed by atoms with van der Waals surface area (Å²) in [6.07, 6.45) is 1.66. The standard InChI is InChI=1S/C17H25N3O/c1-14-2-4-15(5-3-14)12-17(21)20-9-6-16(13-20)19-10-7-18-8-11-19/h2-5,16,18H,6-13H2,1H3. The number of aryl methyl sites for hydroxylation is 1. The summed E-state index contributed by atoms with van der Waals surface area (Å²) in [4.78, 5) is 17.0. The Hall–Kier alpha value is -1.39. The molecule has 1 unspecified atom stereocenters. The average Bonchev–Trinajstić information content (AvgIpc) is 3.00. The molecule has 4 nitrogen and oxygen atoms in total. The van der Waals surface area contributed by atoms with Gasteiger partial charge in [0.05, 0.1) is 6.42 Å². The van der Waals surface area contributed by atoms with E-state index in [9.17, 15) is 4.79 Å². The van der Waals surface area contributed by atoms with Crippen molar-refractivity contribution in [2.24, 2.45) is 0 Å². The third-order valence-electron chi connectivity index (χ3n) is 4.66. The van der Waals surface area contributed by atoms with Gasteiger partial charge < -0.3 is 10.2 Å². The van der Waals surface area contributed by atoms with Gasteiger partial charge in [0.1, 0.15) is 0 Å². The molecule has 1 amide bonds. The molecule has 1 aromatic carbocycles. The summed E-state index contributed by atoms with van der Waals surface area (Å²) >= 11 is 0. The molecule has 114 valence electrons. The first-order valence-electron chi connectivity index (χ1n) is 8.00. The van der Waals surface area contributed by atoms with Crippen LogP contribution >= 0.6 is 0 Å². The Morgan fingerprint density at radius 3 is 2.62 bits per heavy atom. The van der Waals surface area contributed by atoms with E-state index in [4.69, 9.17) is 0 Å². The molecule has 3 rings (SSSR count). The van der Waals surface area contributed by atoms with Crippen LogP contribution in [-0.4, -0.2) is 61.0 Å². The summed E-state index contributed by atoms with van der Waals surface area (Å²) < 4.78 is 0. The lowest BCUT2D eigenvalue weighted by molar-refractivity contribution is -0.129. The highest BCUT2D eigenvalue weighted by atomic mass is 16.2. The number of nitrogens with zero attached hydrogens (tertiary/aromatic N) is 2. The van der Waals surface area contributed by atoms with Crippen molar-refractivity contribution in [1.29, 1.82) is 0 Å². The third-order valence-corrected chi connectivity index (χ3v) is 4.66. The van der Waals surface area contributed by atoms with E-state index in [-0.39, 0.29) is 5.91 Å². The number of hydrogen-bond donors (Lipinski definition) is 1. The zero-order valence-corrected chi connectivity index (χ0v) is 12.8. The topological polar surface area (TPSA) is 35.6 Å². The fourth-order valence-electron chi connectivity index (χ4n) is 3.31. The predicted octanol–water partition coefficient (Wildman–Crippen LogP) is 1.04. The smallest absolute Gasteiger partial charge is 0.227 e. The lowest BCUT2D eigenvalue weighted by Crippen LogP contribution is -2.49. The van der Waals surface area contributed by atoms with Crippen molar-refractivity contribution in [2.75, 3.05) is 39.3 Å². The van der Waals surface area contributed by atoms with Crippen LogP contribution in [0.15, 0.2) is 24.3 Å². The van der Waals surface area contributed by atoms with Crippen molar-refractivity contribution in [2.45, 2.75) is 25.8 Å². The molecule has 1 N–H and O–H groups in total. The van der Waals surface area contributed by atoms with Crippen molar-refractivity contribution in [3.05, 3.63) is 35.4 Å². The van der Waals surface area contributed by atoms with Gasteiger partial charge in [-0.15, -0.1) is 0 Å². The number of likely N-dealkylation sites (tertiary alicyclic amines) is 1. The summed E-state index contributed by atoms with van der Waals surface area (Å²) in [5.74, 6) is 0.275. The number of carbonyl (C=O) groups is 1. The SMILES string of the molecule is Cc1ccc(CC(=O)N2CCC(N3CCNCC3)C2)cc1. The van der Waals surface area contributed by atoms with Gasteiger partial charge in [-0.3, -0.25) is 9.69 Å². The molecule has 21 heavy (non-hydrogen) atoms. The maximum absolute atomic E-state index is 12.4. The van der Waals surface area contributed by atoms with Gasteiger partial charge in [0.2, 0.25) is 5.91 Å². The second kappa shape index (κ2) is 6.58. The molecule has 4 heteroatoms. The second-order valence-corrected chi connectivity index (χ2v) is 6.23. The molecule has 0 aliphatic carbocycles. The molecule has 2 fully saturated rings. The quantitative estimate of drug-likeness (QED) is 0.902. The Morgan fingerprint density at radius 1 is 1.19 bits per heavy atom. The van der Waals surface area contributed by atoms with Crippen molar-refractivity contribution in [3.63, 3.8) is 0 Å². The molecular weight excluding hydrogens is 262 g/mol. The van der Waals surface area contributed by atoms with Crippen LogP contribution in [0.25, 0.3) is 0 Å². The van der Waals surface area contributed by atoms with E-state index < -0.39 is 0 Å². The second-order valence-electron chi connectivity index (χ2n) is 6.23. The minimum atomic E-state index is 0.275. The Bertz CT molecular complexity index is 479. The van der Waals surface area contributed by atoms with Gasteiger partial charge in [-0.2, -0.15) is 0 Å². The number of amides is 1. The maximum Gasteiger partial charge on any atom is 0.227 e. The van der Waals surface area contributed by atoms with Crippen LogP contribution in [0.5, 0.6) is 0 Å². The molecular formula is C17H25N3O. The van der Waals surface area contributed by atoms with Gasteiger partial charge in [0, 0.05) is 45.3 Å². The van der Waals surface area contributed by atoms with Crippen molar-refractivity contribution < 1.29 is 4.79 Å². The zero-order valence-electron chi connectivity index (χ0n) is 12.8. The predicted molar refractivity (Wildman–Crippen MR) is 84.3 cm³/mol. The number of nitrogens with one attached hydrogen (secondary N) is 1. The van der Waals surface area contributed by atoms with E-state index >= 15 is 0 Å². The molecule has 2 aliphatic heterocycles. The monoisotopic (exact) mass is 287 g/mol. The number of hydrogen-bond acceptors (Lipinski definition) is 3.